The molecule has 5 nitrogen and oxygen atoms in total. The number of hydrogen-bond acceptors (Lipinski definition) is 4. The van der Waals surface area contributed by atoms with E-state index in [1.807, 2.05) is 64.1 Å². The molecule has 0 aliphatic heterocycles. The topological polar surface area (TPSA) is 67.8 Å². The van der Waals surface area contributed by atoms with Crippen LogP contribution in [-0.2, 0) is 4.74 Å². The van der Waals surface area contributed by atoms with Gasteiger partial charge in [-0.2, -0.15) is 0 Å². The minimum atomic E-state index is -0.516. The van der Waals surface area contributed by atoms with Crippen LogP contribution in [0, 0.1) is 0 Å². The molecule has 1 aromatic rings. The Morgan fingerprint density at radius 2 is 2.05 bits per heavy atom. The molecule has 0 aliphatic rings. The Balaban J connectivity index is 2.62. The van der Waals surface area contributed by atoms with Crippen molar-refractivity contribution in [3.63, 3.8) is 0 Å². The maximum atomic E-state index is 11.7. The van der Waals surface area contributed by atoms with Gasteiger partial charge in [0.25, 0.3) is 0 Å². The lowest BCUT2D eigenvalue weighted by molar-refractivity contribution is 0.0518. The van der Waals surface area contributed by atoms with Crippen molar-refractivity contribution >= 4 is 12.2 Å². The van der Waals surface area contributed by atoms with Crippen molar-refractivity contribution in [2.24, 2.45) is 0 Å². The van der Waals surface area contributed by atoms with Crippen LogP contribution in [0.25, 0.3) is 6.08 Å². The maximum absolute atomic E-state index is 11.7. The molecule has 1 unspecified atom stereocenters. The van der Waals surface area contributed by atoms with Crippen molar-refractivity contribution < 1.29 is 19.4 Å². The normalized spacial score (nSPS) is 13.0. The molecule has 0 heterocycles. The molecule has 0 fully saturated rings. The Hall–Kier alpha value is -2.01. The zero-order valence-corrected chi connectivity index (χ0v) is 13.6. The number of carbonyl (C=O) groups is 1. The van der Waals surface area contributed by atoms with Gasteiger partial charge in [0.15, 0.2) is 0 Å². The van der Waals surface area contributed by atoms with Gasteiger partial charge in [0.05, 0.1) is 6.61 Å². The van der Waals surface area contributed by atoms with Gasteiger partial charge in [0, 0.05) is 11.6 Å². The Morgan fingerprint density at radius 3 is 2.68 bits per heavy atom. The highest BCUT2D eigenvalue weighted by Gasteiger charge is 2.16. The average Bonchev–Trinajstić information content (AvgIpc) is 2.41. The van der Waals surface area contributed by atoms with Gasteiger partial charge in [-0.15, -0.1) is 0 Å². The summed E-state index contributed by atoms with van der Waals surface area (Å²) in [5, 5.41) is 11.6. The molecular weight excluding hydrogens is 282 g/mol. The first-order valence-electron chi connectivity index (χ1n) is 7.32. The summed E-state index contributed by atoms with van der Waals surface area (Å²) in [6.45, 7) is 7.54. The Labute approximate surface area is 131 Å². The van der Waals surface area contributed by atoms with Crippen LogP contribution in [0.15, 0.2) is 30.3 Å². The van der Waals surface area contributed by atoms with E-state index in [1.165, 1.54) is 0 Å². The molecule has 1 atom stereocenters. The van der Waals surface area contributed by atoms with Crippen LogP contribution in [0.5, 0.6) is 5.75 Å². The summed E-state index contributed by atoms with van der Waals surface area (Å²) in [6, 6.07) is 7.33. The molecule has 0 radical (unpaired) electrons. The van der Waals surface area contributed by atoms with Crippen LogP contribution < -0.4 is 10.1 Å². The van der Waals surface area contributed by atoms with Gasteiger partial charge in [-0.3, -0.25) is 0 Å². The fraction of sp³-hybridized carbons (Fsp3) is 0.471. The molecule has 1 rings (SSSR count). The number of aliphatic hydroxyl groups excluding tert-OH is 1. The molecule has 2 N–H and O–H groups in total. The second-order valence-electron chi connectivity index (χ2n) is 5.90. The van der Waals surface area contributed by atoms with E-state index < -0.39 is 11.7 Å². The molecule has 5 heteroatoms. The van der Waals surface area contributed by atoms with E-state index in [9.17, 15) is 4.79 Å². The number of ether oxygens (including phenoxy) is 2. The summed E-state index contributed by atoms with van der Waals surface area (Å²) < 4.78 is 10.7. The number of aliphatic hydroxyl groups is 1. The molecule has 0 saturated carbocycles. The Kier molecular flexibility index (Phi) is 6.92. The molecule has 0 bridgehead atoms. The molecule has 0 saturated heterocycles. The zero-order chi connectivity index (χ0) is 16.6. The summed E-state index contributed by atoms with van der Waals surface area (Å²) in [5.74, 6) is 0.692. The quantitative estimate of drug-likeness (QED) is 0.848. The fourth-order valence-corrected chi connectivity index (χ4v) is 1.69. The van der Waals surface area contributed by atoms with E-state index in [2.05, 4.69) is 5.32 Å². The number of para-hydroxylation sites is 1. The summed E-state index contributed by atoms with van der Waals surface area (Å²) in [5.41, 5.74) is 0.368. The zero-order valence-electron chi connectivity index (χ0n) is 13.6. The van der Waals surface area contributed by atoms with Crippen molar-refractivity contribution in [1.29, 1.82) is 0 Å². The second kappa shape index (κ2) is 8.44. The molecule has 22 heavy (non-hydrogen) atoms. The van der Waals surface area contributed by atoms with Gasteiger partial charge in [0.1, 0.15) is 18.0 Å². The average molecular weight is 307 g/mol. The lowest BCUT2D eigenvalue weighted by Gasteiger charge is -2.21. The van der Waals surface area contributed by atoms with Crippen molar-refractivity contribution in [3.05, 3.63) is 35.9 Å². The lowest BCUT2D eigenvalue weighted by atomic mass is 10.1. The number of carbonyl (C=O) groups excluding carboxylic acids is 1. The Bertz CT molecular complexity index is 506. The number of alkyl carbamates (subject to hydrolysis) is 1. The first-order valence-corrected chi connectivity index (χ1v) is 7.32. The first kappa shape index (κ1) is 18.0. The van der Waals surface area contributed by atoms with Crippen LogP contribution in [0.4, 0.5) is 4.79 Å². The van der Waals surface area contributed by atoms with E-state index in [4.69, 9.17) is 14.6 Å². The van der Waals surface area contributed by atoms with E-state index >= 15 is 0 Å². The molecule has 122 valence electrons. The van der Waals surface area contributed by atoms with Gasteiger partial charge in [0.2, 0.25) is 0 Å². The summed E-state index contributed by atoms with van der Waals surface area (Å²) in [7, 11) is 0. The smallest absolute Gasteiger partial charge is 0.408 e. The maximum Gasteiger partial charge on any atom is 0.408 e. The number of rotatable bonds is 6. The molecule has 1 aromatic carbocycles. The predicted octanol–water partition coefficient (Wildman–Crippen LogP) is 2.98. The van der Waals surface area contributed by atoms with Gasteiger partial charge in [-0.1, -0.05) is 30.4 Å². The molecule has 0 aromatic heterocycles. The van der Waals surface area contributed by atoms with Gasteiger partial charge in [-0.25, -0.2) is 4.79 Å². The molecule has 1 amide bonds. The van der Waals surface area contributed by atoms with Gasteiger partial charge in [-0.05, 0) is 33.8 Å². The van der Waals surface area contributed by atoms with Gasteiger partial charge >= 0.3 is 6.09 Å². The first-order chi connectivity index (χ1) is 10.3. The number of benzene rings is 1. The highest BCUT2D eigenvalue weighted by Crippen LogP contribution is 2.19. The van der Waals surface area contributed by atoms with Crippen molar-refractivity contribution in [2.45, 2.75) is 39.3 Å². The lowest BCUT2D eigenvalue weighted by Crippen LogP contribution is -2.36. The summed E-state index contributed by atoms with van der Waals surface area (Å²) >= 11 is 0. The van der Waals surface area contributed by atoms with E-state index in [-0.39, 0.29) is 19.3 Å². The number of hydrogen-bond donors (Lipinski definition) is 2. The number of amides is 1. The van der Waals surface area contributed by atoms with E-state index in [0.717, 1.165) is 5.56 Å². The van der Waals surface area contributed by atoms with Crippen molar-refractivity contribution in [1.82, 2.24) is 5.32 Å². The van der Waals surface area contributed by atoms with Crippen LogP contribution in [-0.4, -0.2) is 36.1 Å². The Morgan fingerprint density at radius 1 is 1.36 bits per heavy atom. The number of nitrogens with one attached hydrogen (secondary N) is 1. The van der Waals surface area contributed by atoms with Crippen molar-refractivity contribution in [2.75, 3.05) is 13.2 Å². The molecular formula is C17H25NO4. The third kappa shape index (κ3) is 7.13. The third-order valence-corrected chi connectivity index (χ3v) is 2.58. The largest absolute Gasteiger partial charge is 0.491 e. The summed E-state index contributed by atoms with van der Waals surface area (Å²) in [6.07, 6.45) is 3.27. The highest BCUT2D eigenvalue weighted by atomic mass is 16.6. The standard InChI is InChI=1S/C17H25NO4/c1-13(18-16(20)22-17(2,3)4)9-10-14-7-5-6-8-15(14)21-12-11-19/h5-10,13,19H,11-12H2,1-4H3,(H,18,20). The van der Waals surface area contributed by atoms with Crippen LogP contribution >= 0.6 is 0 Å². The molecule has 0 aliphatic carbocycles. The van der Waals surface area contributed by atoms with Gasteiger partial charge < -0.3 is 19.9 Å². The second-order valence-corrected chi connectivity index (χ2v) is 5.90. The minimum absolute atomic E-state index is 0.0331. The fourth-order valence-electron chi connectivity index (χ4n) is 1.69. The van der Waals surface area contributed by atoms with E-state index in [1.54, 1.807) is 0 Å². The highest BCUT2D eigenvalue weighted by molar-refractivity contribution is 5.69. The SMILES string of the molecule is CC(C=Cc1ccccc1OCCO)NC(=O)OC(C)(C)C. The summed E-state index contributed by atoms with van der Waals surface area (Å²) in [4.78, 5) is 11.7. The molecule has 0 spiro atoms. The van der Waals surface area contributed by atoms with Crippen LogP contribution in [0.3, 0.4) is 0 Å². The van der Waals surface area contributed by atoms with Crippen molar-refractivity contribution in [3.8, 4) is 5.75 Å². The van der Waals surface area contributed by atoms with Crippen LogP contribution in [0.2, 0.25) is 0 Å². The minimum Gasteiger partial charge on any atom is -0.491 e. The van der Waals surface area contributed by atoms with E-state index in [0.29, 0.717) is 5.75 Å². The third-order valence-electron chi connectivity index (χ3n) is 2.58. The predicted molar refractivity (Wildman–Crippen MR) is 86.9 cm³/mol. The monoisotopic (exact) mass is 307 g/mol. The van der Waals surface area contributed by atoms with Crippen LogP contribution in [0.1, 0.15) is 33.3 Å².